The Morgan fingerprint density at radius 1 is 1.10 bits per heavy atom. The maximum Gasteiger partial charge on any atom is 0.289 e. The van der Waals surface area contributed by atoms with Gasteiger partial charge in [0, 0.05) is 13.1 Å². The molecular weight excluding hydrogens is 366 g/mol. The molecule has 29 heavy (non-hydrogen) atoms. The van der Waals surface area contributed by atoms with E-state index in [4.69, 9.17) is 5.73 Å². The van der Waals surface area contributed by atoms with Crippen LogP contribution in [0.15, 0.2) is 30.5 Å². The maximum absolute atomic E-state index is 12.2. The van der Waals surface area contributed by atoms with E-state index in [0.29, 0.717) is 24.1 Å². The summed E-state index contributed by atoms with van der Waals surface area (Å²) in [7, 11) is 0. The van der Waals surface area contributed by atoms with Gasteiger partial charge in [-0.1, -0.05) is 31.2 Å². The first-order valence-electron chi connectivity index (χ1n) is 10.2. The van der Waals surface area contributed by atoms with Crippen molar-refractivity contribution in [3.63, 3.8) is 0 Å². The molecule has 8 heteroatoms. The number of nitrogens with zero attached hydrogens (tertiary/aromatic N) is 5. The molecule has 0 spiro atoms. The highest BCUT2D eigenvalue weighted by atomic mass is 16.2. The predicted octanol–water partition coefficient (Wildman–Crippen LogP) is 2.19. The Balaban J connectivity index is 1.52. The molecule has 1 aliphatic heterocycles. The van der Waals surface area contributed by atoms with Crippen molar-refractivity contribution in [2.45, 2.75) is 39.3 Å². The predicted molar refractivity (Wildman–Crippen MR) is 112 cm³/mol. The average molecular weight is 393 g/mol. The van der Waals surface area contributed by atoms with Crippen molar-refractivity contribution < 1.29 is 4.79 Å². The highest BCUT2D eigenvalue weighted by Gasteiger charge is 2.16. The zero-order valence-electron chi connectivity index (χ0n) is 16.8. The minimum absolute atomic E-state index is 0.0751. The van der Waals surface area contributed by atoms with Crippen LogP contribution in [0, 0.1) is 0 Å². The minimum atomic E-state index is -0.320. The molecule has 3 heterocycles. The van der Waals surface area contributed by atoms with Gasteiger partial charge in [-0.15, -0.1) is 0 Å². The topological polar surface area (TPSA) is 102 Å². The molecule has 152 valence electrons. The summed E-state index contributed by atoms with van der Waals surface area (Å²) in [6.07, 6.45) is 5.09. The van der Waals surface area contributed by atoms with Crippen molar-refractivity contribution >= 4 is 22.8 Å². The molecule has 1 fully saturated rings. The molecule has 2 aromatic heterocycles. The Kier molecular flexibility index (Phi) is 5.71. The van der Waals surface area contributed by atoms with Gasteiger partial charge in [-0.25, -0.2) is 14.6 Å². The van der Waals surface area contributed by atoms with Crippen molar-refractivity contribution in [1.29, 1.82) is 0 Å². The molecule has 1 aromatic carbocycles. The van der Waals surface area contributed by atoms with Crippen molar-refractivity contribution in [3.05, 3.63) is 47.4 Å². The van der Waals surface area contributed by atoms with Gasteiger partial charge in [-0.05, 0) is 43.5 Å². The summed E-state index contributed by atoms with van der Waals surface area (Å²) in [5, 5.41) is 7.85. The number of anilines is 1. The van der Waals surface area contributed by atoms with Gasteiger partial charge in [-0.3, -0.25) is 9.69 Å². The number of carbonyl (C=O) groups is 1. The highest BCUT2D eigenvalue weighted by molar-refractivity contribution is 5.94. The van der Waals surface area contributed by atoms with Crippen LogP contribution in [-0.2, 0) is 13.1 Å². The standard InChI is InChI=1S/C21H27N7O/c1-2-9-23-21(29)19-25-18(22)17-12-24-28(20(17)26-19)14-16-7-5-15(6-8-16)13-27-10-3-4-11-27/h5-8,12H,2-4,9-11,13-14H2,1H3,(H,23,29)(H2,22,25,26). The number of nitrogens with two attached hydrogens (primary N) is 1. The smallest absolute Gasteiger partial charge is 0.289 e. The average Bonchev–Trinajstić information content (AvgIpc) is 3.38. The van der Waals surface area contributed by atoms with Crippen LogP contribution in [0.4, 0.5) is 5.82 Å². The maximum atomic E-state index is 12.2. The Morgan fingerprint density at radius 2 is 1.79 bits per heavy atom. The fourth-order valence-electron chi connectivity index (χ4n) is 3.63. The first-order valence-corrected chi connectivity index (χ1v) is 10.2. The molecule has 0 atom stereocenters. The van der Waals surface area contributed by atoms with Crippen LogP contribution in [0.5, 0.6) is 0 Å². The van der Waals surface area contributed by atoms with E-state index in [0.717, 1.165) is 18.5 Å². The normalized spacial score (nSPS) is 14.5. The third kappa shape index (κ3) is 4.37. The number of aromatic nitrogens is 4. The summed E-state index contributed by atoms with van der Waals surface area (Å²) in [5.74, 6) is 0.0227. The Hall–Kier alpha value is -3.00. The number of carbonyl (C=O) groups excluding carboxylic acids is 1. The number of benzene rings is 1. The molecular formula is C21H27N7O. The zero-order valence-corrected chi connectivity index (χ0v) is 16.8. The quantitative estimate of drug-likeness (QED) is 0.638. The minimum Gasteiger partial charge on any atom is -0.383 e. The molecule has 0 unspecified atom stereocenters. The molecule has 4 rings (SSSR count). The van der Waals surface area contributed by atoms with Crippen molar-refractivity contribution in [2.75, 3.05) is 25.4 Å². The van der Waals surface area contributed by atoms with E-state index in [2.05, 4.69) is 49.5 Å². The number of nitrogens with one attached hydrogen (secondary N) is 1. The van der Waals surface area contributed by atoms with E-state index >= 15 is 0 Å². The first kappa shape index (κ1) is 19.3. The number of nitrogen functional groups attached to an aromatic ring is 1. The summed E-state index contributed by atoms with van der Waals surface area (Å²) < 4.78 is 1.76. The first-order chi connectivity index (χ1) is 14.1. The number of likely N-dealkylation sites (tertiary alicyclic amines) is 1. The van der Waals surface area contributed by atoms with Gasteiger partial charge in [0.15, 0.2) is 5.65 Å². The highest BCUT2D eigenvalue weighted by Crippen LogP contribution is 2.19. The molecule has 1 saturated heterocycles. The summed E-state index contributed by atoms with van der Waals surface area (Å²) in [6, 6.07) is 8.59. The van der Waals surface area contributed by atoms with E-state index in [1.807, 2.05) is 6.92 Å². The number of amides is 1. The summed E-state index contributed by atoms with van der Waals surface area (Å²) in [5.41, 5.74) is 9.05. The van der Waals surface area contributed by atoms with Crippen molar-refractivity contribution in [3.8, 4) is 0 Å². The Bertz CT molecular complexity index is 990. The number of hydrogen-bond donors (Lipinski definition) is 2. The fourth-order valence-corrected chi connectivity index (χ4v) is 3.63. The number of rotatable bonds is 7. The Labute approximate surface area is 170 Å². The second-order valence-electron chi connectivity index (χ2n) is 7.53. The van der Waals surface area contributed by atoms with Crippen LogP contribution in [0.1, 0.15) is 47.9 Å². The van der Waals surface area contributed by atoms with Gasteiger partial charge >= 0.3 is 0 Å². The molecule has 8 nitrogen and oxygen atoms in total. The van der Waals surface area contributed by atoms with Gasteiger partial charge in [0.2, 0.25) is 5.82 Å². The van der Waals surface area contributed by atoms with Crippen LogP contribution in [-0.4, -0.2) is 50.2 Å². The lowest BCUT2D eigenvalue weighted by Gasteiger charge is -2.14. The van der Waals surface area contributed by atoms with Crippen LogP contribution < -0.4 is 11.1 Å². The Morgan fingerprint density at radius 3 is 2.48 bits per heavy atom. The fraction of sp³-hybridized carbons (Fsp3) is 0.429. The van der Waals surface area contributed by atoms with Crippen molar-refractivity contribution in [1.82, 2.24) is 30.0 Å². The van der Waals surface area contributed by atoms with E-state index in [-0.39, 0.29) is 17.5 Å². The summed E-state index contributed by atoms with van der Waals surface area (Å²) in [6.45, 7) is 6.50. The molecule has 0 radical (unpaired) electrons. The summed E-state index contributed by atoms with van der Waals surface area (Å²) >= 11 is 0. The molecule has 0 bridgehead atoms. The van der Waals surface area contributed by atoms with E-state index < -0.39 is 0 Å². The van der Waals surface area contributed by atoms with Crippen molar-refractivity contribution in [2.24, 2.45) is 0 Å². The molecule has 0 saturated carbocycles. The lowest BCUT2D eigenvalue weighted by atomic mass is 10.1. The van der Waals surface area contributed by atoms with Crippen LogP contribution in [0.2, 0.25) is 0 Å². The van der Waals surface area contributed by atoms with E-state index in [9.17, 15) is 4.79 Å². The monoisotopic (exact) mass is 393 g/mol. The lowest BCUT2D eigenvalue weighted by molar-refractivity contribution is 0.0943. The third-order valence-electron chi connectivity index (χ3n) is 5.22. The lowest BCUT2D eigenvalue weighted by Crippen LogP contribution is -2.26. The van der Waals surface area contributed by atoms with Gasteiger partial charge in [0.05, 0.1) is 18.1 Å². The third-order valence-corrected chi connectivity index (χ3v) is 5.22. The SMILES string of the molecule is CCCNC(=O)c1nc(N)c2cnn(Cc3ccc(CN4CCCC4)cc3)c2n1. The second-order valence-corrected chi connectivity index (χ2v) is 7.53. The molecule has 1 aliphatic rings. The van der Waals surface area contributed by atoms with Crippen LogP contribution >= 0.6 is 0 Å². The molecule has 0 aliphatic carbocycles. The van der Waals surface area contributed by atoms with Gasteiger partial charge in [0.1, 0.15) is 5.82 Å². The second kappa shape index (κ2) is 8.57. The largest absolute Gasteiger partial charge is 0.383 e. The van der Waals surface area contributed by atoms with Gasteiger partial charge in [0.25, 0.3) is 5.91 Å². The van der Waals surface area contributed by atoms with E-state index in [1.54, 1.807) is 10.9 Å². The van der Waals surface area contributed by atoms with Crippen LogP contribution in [0.3, 0.4) is 0 Å². The number of fused-ring (bicyclic) bond motifs is 1. The molecule has 3 N–H and O–H groups in total. The summed E-state index contributed by atoms with van der Waals surface area (Å²) in [4.78, 5) is 23.3. The van der Waals surface area contributed by atoms with Gasteiger partial charge in [-0.2, -0.15) is 5.10 Å². The zero-order chi connectivity index (χ0) is 20.2. The molecule has 1 amide bonds. The van der Waals surface area contributed by atoms with Crippen LogP contribution in [0.25, 0.3) is 11.0 Å². The van der Waals surface area contributed by atoms with Gasteiger partial charge < -0.3 is 11.1 Å². The molecule has 3 aromatic rings. The number of hydrogen-bond acceptors (Lipinski definition) is 6. The van der Waals surface area contributed by atoms with E-state index in [1.165, 1.54) is 31.5 Å².